The van der Waals surface area contributed by atoms with Gasteiger partial charge in [0.25, 0.3) is 0 Å². The molecule has 1 heterocycles. The van der Waals surface area contributed by atoms with Gasteiger partial charge < -0.3 is 0 Å². The lowest BCUT2D eigenvalue weighted by atomic mass is 10.4. The summed E-state index contributed by atoms with van der Waals surface area (Å²) in [5, 5.41) is 0. The minimum atomic E-state index is -1.01. The standard InChI is InChI=1S/C10H16N4O4/c1-12(2)9(13(3)4)11-18-10(17)14-7(15)5-6-8(14)16/h5-6H2,1-4H3/p+1. The Hall–Kier alpha value is -2.12. The molecule has 0 bridgehead atoms. The summed E-state index contributed by atoms with van der Waals surface area (Å²) in [7, 11) is 7.01. The molecule has 0 spiro atoms. The smallest absolute Gasteiger partial charge is 0.274 e. The fourth-order valence-corrected chi connectivity index (χ4v) is 1.50. The van der Waals surface area contributed by atoms with Crippen LogP contribution >= 0.6 is 0 Å². The normalized spacial score (nSPS) is 14.6. The lowest BCUT2D eigenvalue weighted by Gasteiger charge is -2.14. The van der Waals surface area contributed by atoms with Crippen LogP contribution in [0, 0.1) is 0 Å². The Morgan fingerprint density at radius 2 is 1.78 bits per heavy atom. The highest BCUT2D eigenvalue weighted by Crippen LogP contribution is 2.12. The third kappa shape index (κ3) is 2.96. The van der Waals surface area contributed by atoms with E-state index in [1.807, 2.05) is 0 Å². The molecule has 18 heavy (non-hydrogen) atoms. The van der Waals surface area contributed by atoms with Gasteiger partial charge in [-0.2, -0.15) is 4.90 Å². The van der Waals surface area contributed by atoms with E-state index < -0.39 is 17.9 Å². The van der Waals surface area contributed by atoms with Crippen molar-refractivity contribution in [1.82, 2.24) is 15.3 Å². The number of hydrogen-bond acceptors (Lipinski definition) is 4. The number of carbonyl (C=O) groups is 3. The number of likely N-dealkylation sites (tertiary alicyclic amines) is 1. The highest BCUT2D eigenvalue weighted by atomic mass is 16.7. The predicted molar refractivity (Wildman–Crippen MR) is 61.5 cm³/mol. The summed E-state index contributed by atoms with van der Waals surface area (Å²) >= 11 is 0. The first kappa shape index (κ1) is 13.9. The quantitative estimate of drug-likeness (QED) is 0.196. The Morgan fingerprint density at radius 1 is 1.28 bits per heavy atom. The molecule has 1 aliphatic rings. The lowest BCUT2D eigenvalue weighted by molar-refractivity contribution is -0.474. The summed E-state index contributed by atoms with van der Waals surface area (Å²) in [5.74, 6) is -0.575. The average molecular weight is 257 g/mol. The summed E-state index contributed by atoms with van der Waals surface area (Å²) in [6.07, 6.45) is -0.915. The molecule has 8 nitrogen and oxygen atoms in total. The van der Waals surface area contributed by atoms with Crippen molar-refractivity contribution in [2.24, 2.45) is 0 Å². The Morgan fingerprint density at radius 3 is 2.17 bits per heavy atom. The minimum Gasteiger partial charge on any atom is -0.274 e. The van der Waals surface area contributed by atoms with E-state index in [2.05, 4.69) is 5.48 Å². The van der Waals surface area contributed by atoms with Gasteiger partial charge in [-0.25, -0.2) is 4.79 Å². The molecular formula is C10H17N4O4+. The molecule has 0 radical (unpaired) electrons. The Bertz CT molecular complexity index is 396. The van der Waals surface area contributed by atoms with Crippen molar-refractivity contribution < 1.29 is 23.8 Å². The zero-order chi connectivity index (χ0) is 13.9. The van der Waals surface area contributed by atoms with Crippen LogP contribution in [-0.2, 0) is 14.4 Å². The van der Waals surface area contributed by atoms with E-state index >= 15 is 0 Å². The maximum atomic E-state index is 11.6. The van der Waals surface area contributed by atoms with Crippen LogP contribution in [0.1, 0.15) is 12.8 Å². The number of imide groups is 3. The van der Waals surface area contributed by atoms with Gasteiger partial charge in [0.15, 0.2) is 0 Å². The molecule has 0 unspecified atom stereocenters. The molecule has 0 atom stereocenters. The van der Waals surface area contributed by atoms with E-state index in [0.29, 0.717) is 10.9 Å². The first-order valence-corrected chi connectivity index (χ1v) is 5.38. The number of amides is 3. The van der Waals surface area contributed by atoms with Gasteiger partial charge in [0, 0.05) is 12.8 Å². The minimum absolute atomic E-state index is 0.0475. The van der Waals surface area contributed by atoms with Gasteiger partial charge in [0.2, 0.25) is 11.8 Å². The van der Waals surface area contributed by atoms with E-state index in [4.69, 9.17) is 4.84 Å². The zero-order valence-corrected chi connectivity index (χ0v) is 10.9. The zero-order valence-electron chi connectivity index (χ0n) is 10.9. The molecule has 0 aromatic rings. The van der Waals surface area contributed by atoms with Crippen molar-refractivity contribution in [3.8, 4) is 0 Å². The molecule has 0 aromatic carbocycles. The maximum absolute atomic E-state index is 11.6. The van der Waals surface area contributed by atoms with Crippen LogP contribution in [0.15, 0.2) is 0 Å². The molecule has 1 aliphatic heterocycles. The summed E-state index contributed by atoms with van der Waals surface area (Å²) in [6, 6.07) is 0. The molecule has 0 aromatic heterocycles. The topological polar surface area (TPSA) is 82.0 Å². The van der Waals surface area contributed by atoms with Crippen LogP contribution in [0.2, 0.25) is 0 Å². The van der Waals surface area contributed by atoms with Gasteiger partial charge in [-0.1, -0.05) is 5.48 Å². The molecule has 100 valence electrons. The second-order valence-corrected chi connectivity index (χ2v) is 4.21. The molecule has 1 N–H and O–H groups in total. The molecule has 1 fully saturated rings. The largest absolute Gasteiger partial charge is 0.460 e. The molecule has 3 amide bonds. The molecule has 0 saturated carbocycles. The van der Waals surface area contributed by atoms with Crippen molar-refractivity contribution in [3.63, 3.8) is 0 Å². The van der Waals surface area contributed by atoms with Crippen LogP contribution in [0.25, 0.3) is 0 Å². The summed E-state index contributed by atoms with van der Waals surface area (Å²) < 4.78 is 1.68. The van der Waals surface area contributed by atoms with E-state index in [0.717, 1.165) is 0 Å². The third-order valence-corrected chi connectivity index (χ3v) is 2.31. The van der Waals surface area contributed by atoms with Crippen molar-refractivity contribution in [3.05, 3.63) is 0 Å². The third-order valence-electron chi connectivity index (χ3n) is 2.31. The van der Waals surface area contributed by atoms with Crippen LogP contribution < -0.4 is 5.48 Å². The second kappa shape index (κ2) is 5.48. The van der Waals surface area contributed by atoms with Gasteiger partial charge in [-0.3, -0.25) is 23.9 Å². The maximum Gasteiger partial charge on any atom is 0.460 e. The molecule has 8 heteroatoms. The Labute approximate surface area is 105 Å². The summed E-state index contributed by atoms with van der Waals surface area (Å²) in [4.78, 5) is 41.1. The first-order valence-electron chi connectivity index (χ1n) is 5.38. The Balaban J connectivity index is 2.64. The second-order valence-electron chi connectivity index (χ2n) is 4.21. The highest BCUT2D eigenvalue weighted by molar-refractivity contribution is 6.13. The van der Waals surface area contributed by atoms with Gasteiger partial charge in [-0.05, 0) is 0 Å². The van der Waals surface area contributed by atoms with E-state index in [1.165, 1.54) is 0 Å². The van der Waals surface area contributed by atoms with Crippen molar-refractivity contribution in [2.45, 2.75) is 12.8 Å². The predicted octanol–water partition coefficient (Wildman–Crippen LogP) is -1.03. The van der Waals surface area contributed by atoms with E-state index in [-0.39, 0.29) is 12.8 Å². The van der Waals surface area contributed by atoms with E-state index in [9.17, 15) is 14.4 Å². The number of nitrogens with one attached hydrogen (secondary N) is 1. The number of hydroxylamine groups is 1. The first-order chi connectivity index (χ1) is 8.34. The van der Waals surface area contributed by atoms with Gasteiger partial charge >= 0.3 is 12.1 Å². The van der Waals surface area contributed by atoms with Gasteiger partial charge in [0.1, 0.15) is 0 Å². The highest BCUT2D eigenvalue weighted by Gasteiger charge is 2.37. The number of guanidine groups is 1. The number of nitrogens with zero attached hydrogens (tertiary/aromatic N) is 3. The van der Waals surface area contributed by atoms with Crippen LogP contribution in [-0.4, -0.2) is 66.4 Å². The number of rotatable bonds is 0. The van der Waals surface area contributed by atoms with Crippen LogP contribution in [0.5, 0.6) is 0 Å². The monoisotopic (exact) mass is 257 g/mol. The van der Waals surface area contributed by atoms with Gasteiger partial charge in [-0.15, -0.1) is 0 Å². The van der Waals surface area contributed by atoms with Crippen LogP contribution in [0.3, 0.4) is 0 Å². The van der Waals surface area contributed by atoms with E-state index in [1.54, 1.807) is 37.7 Å². The van der Waals surface area contributed by atoms with Gasteiger partial charge in [0.05, 0.1) is 28.2 Å². The fourth-order valence-electron chi connectivity index (χ4n) is 1.50. The van der Waals surface area contributed by atoms with Crippen molar-refractivity contribution >= 4 is 23.9 Å². The lowest BCUT2D eigenvalue weighted by Crippen LogP contribution is -2.46. The number of carbonyl (C=O) groups excluding carboxylic acids is 3. The Kier molecular flexibility index (Phi) is 4.24. The molecular weight excluding hydrogens is 240 g/mol. The average Bonchev–Trinajstić information content (AvgIpc) is 2.57. The molecule has 1 saturated heterocycles. The fraction of sp³-hybridized carbons (Fsp3) is 0.600. The molecule has 1 rings (SSSR count). The summed E-state index contributed by atoms with van der Waals surface area (Å²) in [5.41, 5.74) is 2.41. The van der Waals surface area contributed by atoms with Crippen molar-refractivity contribution in [1.29, 1.82) is 0 Å². The van der Waals surface area contributed by atoms with Crippen LogP contribution in [0.4, 0.5) is 4.79 Å². The summed E-state index contributed by atoms with van der Waals surface area (Å²) in [6.45, 7) is 0. The SMILES string of the molecule is CN(C)C(NOC(=O)N1C(=O)CCC1=O)=[N+](C)C. The van der Waals surface area contributed by atoms with Crippen molar-refractivity contribution in [2.75, 3.05) is 28.2 Å². The molecule has 0 aliphatic carbocycles. The number of hydrogen-bond donors (Lipinski definition) is 1.